The van der Waals surface area contributed by atoms with Crippen LogP contribution >= 0.6 is 0 Å². The number of benzene rings is 1. The highest BCUT2D eigenvalue weighted by molar-refractivity contribution is 5.97. The van der Waals surface area contributed by atoms with E-state index in [1.807, 2.05) is 37.4 Å². The summed E-state index contributed by atoms with van der Waals surface area (Å²) in [6.45, 7) is 7.33. The molecule has 1 N–H and O–H groups in total. The molecule has 1 heterocycles. The van der Waals surface area contributed by atoms with Gasteiger partial charge in [-0.25, -0.2) is 4.99 Å². The summed E-state index contributed by atoms with van der Waals surface area (Å²) in [4.78, 5) is 11.6. The molecule has 5 heteroatoms. The molecule has 0 saturated carbocycles. The maximum atomic E-state index is 5.42. The quantitative estimate of drug-likeness (QED) is 0.671. The molecule has 1 aromatic rings. The highest BCUT2D eigenvalue weighted by Crippen LogP contribution is 2.13. The van der Waals surface area contributed by atoms with E-state index >= 15 is 0 Å². The lowest BCUT2D eigenvalue weighted by atomic mass is 10.2. The van der Waals surface area contributed by atoms with E-state index in [4.69, 9.17) is 14.7 Å². The van der Waals surface area contributed by atoms with Gasteiger partial charge in [-0.3, -0.25) is 0 Å². The van der Waals surface area contributed by atoms with E-state index < -0.39 is 0 Å². The molecule has 0 spiro atoms. The van der Waals surface area contributed by atoms with Crippen molar-refractivity contribution in [2.75, 3.05) is 33.4 Å². The first-order valence-electron chi connectivity index (χ1n) is 7.43. The first kappa shape index (κ1) is 15.5. The molecule has 1 aliphatic rings. The van der Waals surface area contributed by atoms with Crippen molar-refractivity contribution in [3.8, 4) is 0 Å². The minimum atomic E-state index is 0.331. The number of hydrogen-bond donors (Lipinski definition) is 1. The topological polar surface area (TPSA) is 49.2 Å². The fraction of sp³-hybridized carbons (Fsp3) is 0.500. The van der Waals surface area contributed by atoms with Crippen molar-refractivity contribution in [2.45, 2.75) is 13.8 Å². The monoisotopic (exact) mass is 288 g/mol. The minimum absolute atomic E-state index is 0.331. The van der Waals surface area contributed by atoms with Crippen LogP contribution in [0.25, 0.3) is 0 Å². The summed E-state index contributed by atoms with van der Waals surface area (Å²) in [5, 5.41) is 3.17. The average molecular weight is 288 g/mol. The lowest BCUT2D eigenvalue weighted by Crippen LogP contribution is -2.41. The first-order valence-corrected chi connectivity index (χ1v) is 7.43. The van der Waals surface area contributed by atoms with Gasteiger partial charge in [0.05, 0.1) is 18.9 Å². The molecule has 1 aromatic carbocycles. The Labute approximate surface area is 126 Å². The summed E-state index contributed by atoms with van der Waals surface area (Å²) in [6.07, 6.45) is 0. The third-order valence-corrected chi connectivity index (χ3v) is 3.30. The van der Waals surface area contributed by atoms with E-state index in [1.54, 1.807) is 0 Å². The molecule has 5 nitrogen and oxygen atoms in total. The SMILES string of the molecule is CN/C(=N\C(=N\c1ccccc1)N1CCOCC1)C(C)C. The van der Waals surface area contributed by atoms with E-state index in [2.05, 4.69) is 24.1 Å². The van der Waals surface area contributed by atoms with Crippen LogP contribution in [0.2, 0.25) is 0 Å². The molecule has 0 radical (unpaired) electrons. The molecule has 2 rings (SSSR count). The predicted molar refractivity (Wildman–Crippen MR) is 87.3 cm³/mol. The lowest BCUT2D eigenvalue weighted by molar-refractivity contribution is 0.0676. The second-order valence-corrected chi connectivity index (χ2v) is 5.25. The highest BCUT2D eigenvalue weighted by Gasteiger charge is 2.16. The number of nitrogens with zero attached hydrogens (tertiary/aromatic N) is 3. The normalized spacial score (nSPS) is 17.2. The van der Waals surface area contributed by atoms with E-state index in [1.165, 1.54) is 0 Å². The number of guanidine groups is 1. The Bertz CT molecular complexity index is 490. The maximum absolute atomic E-state index is 5.42. The van der Waals surface area contributed by atoms with Gasteiger partial charge in [-0.15, -0.1) is 0 Å². The average Bonchev–Trinajstić information content (AvgIpc) is 2.53. The Morgan fingerprint density at radius 3 is 2.43 bits per heavy atom. The van der Waals surface area contributed by atoms with Crippen molar-refractivity contribution < 1.29 is 4.74 Å². The number of morpholine rings is 1. The summed E-state index contributed by atoms with van der Waals surface area (Å²) in [6, 6.07) is 9.94. The van der Waals surface area contributed by atoms with Crippen LogP contribution in [0.15, 0.2) is 40.3 Å². The van der Waals surface area contributed by atoms with E-state index in [0.717, 1.165) is 43.8 Å². The van der Waals surface area contributed by atoms with Gasteiger partial charge in [-0.05, 0) is 12.1 Å². The van der Waals surface area contributed by atoms with E-state index in [9.17, 15) is 0 Å². The smallest absolute Gasteiger partial charge is 0.227 e. The Morgan fingerprint density at radius 2 is 1.86 bits per heavy atom. The molecule has 1 aliphatic heterocycles. The van der Waals surface area contributed by atoms with Crippen LogP contribution in [0.1, 0.15) is 13.8 Å². The van der Waals surface area contributed by atoms with Gasteiger partial charge in [0.2, 0.25) is 5.96 Å². The summed E-state index contributed by atoms with van der Waals surface area (Å²) >= 11 is 0. The van der Waals surface area contributed by atoms with Crippen LogP contribution < -0.4 is 5.32 Å². The number of aliphatic imine (C=N–C) groups is 2. The molecular weight excluding hydrogens is 264 g/mol. The number of hydrogen-bond acceptors (Lipinski definition) is 2. The standard InChI is InChI=1S/C16H24N4O/c1-13(2)15(17-3)19-16(20-9-11-21-12-10-20)18-14-7-5-4-6-8-14/h4-8,13H,9-12H2,1-3H3,(H,17,18,19). The second-order valence-electron chi connectivity index (χ2n) is 5.25. The van der Waals surface area contributed by atoms with Gasteiger partial charge in [0.15, 0.2) is 0 Å². The van der Waals surface area contributed by atoms with Crippen LogP contribution in [0.4, 0.5) is 5.69 Å². The highest BCUT2D eigenvalue weighted by atomic mass is 16.5. The van der Waals surface area contributed by atoms with Crippen LogP contribution in [0, 0.1) is 5.92 Å². The van der Waals surface area contributed by atoms with Gasteiger partial charge in [0.25, 0.3) is 0 Å². The molecule has 0 unspecified atom stereocenters. The van der Waals surface area contributed by atoms with Crippen molar-refractivity contribution in [2.24, 2.45) is 15.9 Å². The zero-order chi connectivity index (χ0) is 15.1. The third kappa shape index (κ3) is 4.56. The molecular formula is C16H24N4O. The van der Waals surface area contributed by atoms with Crippen molar-refractivity contribution in [3.05, 3.63) is 30.3 Å². The largest absolute Gasteiger partial charge is 0.378 e. The second kappa shape index (κ2) is 7.78. The van der Waals surface area contributed by atoms with Crippen LogP contribution in [0.5, 0.6) is 0 Å². The number of rotatable bonds is 2. The number of amidine groups is 1. The zero-order valence-corrected chi connectivity index (χ0v) is 13.0. The number of para-hydroxylation sites is 1. The lowest BCUT2D eigenvalue weighted by Gasteiger charge is -2.28. The third-order valence-electron chi connectivity index (χ3n) is 3.30. The summed E-state index contributed by atoms with van der Waals surface area (Å²) in [5.74, 6) is 2.02. The summed E-state index contributed by atoms with van der Waals surface area (Å²) < 4.78 is 5.42. The van der Waals surface area contributed by atoms with Crippen LogP contribution in [-0.2, 0) is 4.74 Å². The van der Waals surface area contributed by atoms with Gasteiger partial charge in [-0.2, -0.15) is 4.99 Å². The predicted octanol–water partition coefficient (Wildman–Crippen LogP) is 2.28. The van der Waals surface area contributed by atoms with Gasteiger partial charge in [0.1, 0.15) is 5.84 Å². The van der Waals surface area contributed by atoms with Gasteiger partial charge >= 0.3 is 0 Å². The van der Waals surface area contributed by atoms with Crippen LogP contribution in [-0.4, -0.2) is 50.0 Å². The number of nitrogens with one attached hydrogen (secondary N) is 1. The van der Waals surface area contributed by atoms with Crippen molar-refractivity contribution in [1.82, 2.24) is 10.2 Å². The van der Waals surface area contributed by atoms with E-state index in [-0.39, 0.29) is 0 Å². The molecule has 114 valence electrons. The minimum Gasteiger partial charge on any atom is -0.378 e. The van der Waals surface area contributed by atoms with Crippen molar-refractivity contribution in [1.29, 1.82) is 0 Å². The molecule has 0 aliphatic carbocycles. The van der Waals surface area contributed by atoms with Gasteiger partial charge < -0.3 is 15.0 Å². The van der Waals surface area contributed by atoms with E-state index in [0.29, 0.717) is 5.92 Å². The molecule has 0 atom stereocenters. The van der Waals surface area contributed by atoms with Gasteiger partial charge in [0, 0.05) is 26.1 Å². The van der Waals surface area contributed by atoms with Gasteiger partial charge in [-0.1, -0.05) is 32.0 Å². The first-order chi connectivity index (χ1) is 10.2. The molecule has 0 aromatic heterocycles. The fourth-order valence-electron chi connectivity index (χ4n) is 2.13. The maximum Gasteiger partial charge on any atom is 0.227 e. The number of ether oxygens (including phenoxy) is 1. The Hall–Kier alpha value is -1.88. The Morgan fingerprint density at radius 1 is 1.19 bits per heavy atom. The molecule has 21 heavy (non-hydrogen) atoms. The molecule has 0 amide bonds. The molecule has 1 saturated heterocycles. The molecule has 0 bridgehead atoms. The fourth-order valence-corrected chi connectivity index (χ4v) is 2.13. The van der Waals surface area contributed by atoms with Crippen molar-refractivity contribution in [3.63, 3.8) is 0 Å². The van der Waals surface area contributed by atoms with Crippen molar-refractivity contribution >= 4 is 17.5 Å². The Balaban J connectivity index is 2.31. The summed E-state index contributed by atoms with van der Waals surface area (Å²) in [5.41, 5.74) is 0.918. The zero-order valence-electron chi connectivity index (χ0n) is 13.0. The molecule has 1 fully saturated rings. The Kier molecular flexibility index (Phi) is 5.75. The van der Waals surface area contributed by atoms with Crippen LogP contribution in [0.3, 0.4) is 0 Å². The summed E-state index contributed by atoms with van der Waals surface area (Å²) in [7, 11) is 1.90.